The second-order valence-corrected chi connectivity index (χ2v) is 3.79. The molecule has 0 aliphatic carbocycles. The molecule has 0 heterocycles. The highest BCUT2D eigenvalue weighted by Crippen LogP contribution is 2.11. The van der Waals surface area contributed by atoms with E-state index in [1.165, 1.54) is 20.3 Å². The van der Waals surface area contributed by atoms with Crippen molar-refractivity contribution in [1.82, 2.24) is 0 Å². The van der Waals surface area contributed by atoms with E-state index in [-0.39, 0.29) is 24.3 Å². The zero-order valence-electron chi connectivity index (χ0n) is 11.3. The van der Waals surface area contributed by atoms with E-state index in [9.17, 15) is 9.59 Å². The lowest BCUT2D eigenvalue weighted by molar-refractivity contribution is -0.139. The predicted molar refractivity (Wildman–Crippen MR) is 69.9 cm³/mol. The monoisotopic (exact) mass is 252 g/mol. The molecule has 100 valence electrons. The summed E-state index contributed by atoms with van der Waals surface area (Å²) in [6.45, 7) is 3.96. The van der Waals surface area contributed by atoms with Gasteiger partial charge in [-0.3, -0.25) is 4.79 Å². The van der Waals surface area contributed by atoms with Crippen LogP contribution in [0.2, 0.25) is 0 Å². The van der Waals surface area contributed by atoms with Gasteiger partial charge in [0.05, 0.1) is 20.6 Å². The summed E-state index contributed by atoms with van der Waals surface area (Å²) in [6, 6.07) is 0. The van der Waals surface area contributed by atoms with Crippen molar-refractivity contribution in [1.29, 1.82) is 0 Å². The van der Waals surface area contributed by atoms with Crippen molar-refractivity contribution < 1.29 is 19.1 Å². The summed E-state index contributed by atoms with van der Waals surface area (Å²) >= 11 is 0. The van der Waals surface area contributed by atoms with Crippen LogP contribution in [0.4, 0.5) is 0 Å². The van der Waals surface area contributed by atoms with Gasteiger partial charge in [-0.05, 0) is 12.8 Å². The van der Waals surface area contributed by atoms with E-state index in [1.54, 1.807) is 12.2 Å². The standard InChI is InChI=1S/C14H20O4/c1-11(7-5-9-13(15)17-3)12(2)8-6-10-14(16)18-4/h5-9,12H,10H2,1-4H3/b8-6?,9-5+,11-7+. The third-order valence-corrected chi connectivity index (χ3v) is 2.45. The molecule has 1 atom stereocenters. The van der Waals surface area contributed by atoms with Gasteiger partial charge in [-0.25, -0.2) is 4.79 Å². The first-order chi connectivity index (χ1) is 8.51. The van der Waals surface area contributed by atoms with E-state index >= 15 is 0 Å². The molecule has 1 unspecified atom stereocenters. The number of allylic oxidation sites excluding steroid dienone is 4. The lowest BCUT2D eigenvalue weighted by Gasteiger charge is -2.05. The van der Waals surface area contributed by atoms with Gasteiger partial charge >= 0.3 is 11.9 Å². The summed E-state index contributed by atoms with van der Waals surface area (Å²) in [5.74, 6) is -0.449. The Bertz CT molecular complexity index is 364. The van der Waals surface area contributed by atoms with Crippen LogP contribution in [0.3, 0.4) is 0 Å². The zero-order valence-corrected chi connectivity index (χ0v) is 11.3. The SMILES string of the molecule is COC(=O)/C=C/C=C(\C)C(C)C=CCC(=O)OC. The third kappa shape index (κ3) is 7.44. The molecular formula is C14H20O4. The van der Waals surface area contributed by atoms with Crippen LogP contribution in [-0.2, 0) is 19.1 Å². The van der Waals surface area contributed by atoms with E-state index in [0.29, 0.717) is 0 Å². The predicted octanol–water partition coefficient (Wildman–Crippen LogP) is 2.42. The number of esters is 2. The Hall–Kier alpha value is -1.84. The minimum absolute atomic E-state index is 0.192. The maximum absolute atomic E-state index is 10.9. The van der Waals surface area contributed by atoms with Crippen LogP contribution in [0, 0.1) is 5.92 Å². The lowest BCUT2D eigenvalue weighted by Crippen LogP contribution is -1.98. The van der Waals surface area contributed by atoms with E-state index in [0.717, 1.165) is 5.57 Å². The van der Waals surface area contributed by atoms with Crippen molar-refractivity contribution in [2.75, 3.05) is 14.2 Å². The second kappa shape index (κ2) is 9.22. The van der Waals surface area contributed by atoms with Crippen molar-refractivity contribution in [2.45, 2.75) is 20.3 Å². The molecule has 0 aromatic carbocycles. The Morgan fingerprint density at radius 1 is 1.22 bits per heavy atom. The number of rotatable bonds is 6. The molecule has 0 aromatic heterocycles. The third-order valence-electron chi connectivity index (χ3n) is 2.45. The van der Waals surface area contributed by atoms with Crippen molar-refractivity contribution in [3.05, 3.63) is 36.0 Å². The van der Waals surface area contributed by atoms with Crippen molar-refractivity contribution in [3.63, 3.8) is 0 Å². The van der Waals surface area contributed by atoms with Gasteiger partial charge in [0.1, 0.15) is 0 Å². The first-order valence-electron chi connectivity index (χ1n) is 5.67. The lowest BCUT2D eigenvalue weighted by atomic mass is 10.0. The van der Waals surface area contributed by atoms with Gasteiger partial charge in [0, 0.05) is 6.08 Å². The molecule has 0 amide bonds. The number of carbonyl (C=O) groups excluding carboxylic acids is 2. The molecule has 0 saturated heterocycles. The van der Waals surface area contributed by atoms with Crippen LogP contribution in [-0.4, -0.2) is 26.2 Å². The summed E-state index contributed by atoms with van der Waals surface area (Å²) in [7, 11) is 2.70. The largest absolute Gasteiger partial charge is 0.469 e. The van der Waals surface area contributed by atoms with Gasteiger partial charge in [0.25, 0.3) is 0 Å². The van der Waals surface area contributed by atoms with Gasteiger partial charge in [-0.1, -0.05) is 36.8 Å². The highest BCUT2D eigenvalue weighted by atomic mass is 16.5. The number of ether oxygens (including phenoxy) is 2. The second-order valence-electron chi connectivity index (χ2n) is 3.79. The highest BCUT2D eigenvalue weighted by molar-refractivity contribution is 5.82. The van der Waals surface area contributed by atoms with Crippen LogP contribution in [0.5, 0.6) is 0 Å². The normalized spacial score (nSPS) is 13.9. The van der Waals surface area contributed by atoms with Gasteiger partial charge in [-0.2, -0.15) is 0 Å². The molecule has 0 N–H and O–H groups in total. The molecule has 0 rings (SSSR count). The topological polar surface area (TPSA) is 52.6 Å². The van der Waals surface area contributed by atoms with Crippen molar-refractivity contribution in [2.24, 2.45) is 5.92 Å². The van der Waals surface area contributed by atoms with Crippen molar-refractivity contribution >= 4 is 11.9 Å². The van der Waals surface area contributed by atoms with Crippen LogP contribution in [0.1, 0.15) is 20.3 Å². The molecule has 0 aromatic rings. The minimum atomic E-state index is -0.382. The Morgan fingerprint density at radius 3 is 2.44 bits per heavy atom. The highest BCUT2D eigenvalue weighted by Gasteiger charge is 2.00. The van der Waals surface area contributed by atoms with E-state index < -0.39 is 0 Å². The minimum Gasteiger partial charge on any atom is -0.469 e. The van der Waals surface area contributed by atoms with Gasteiger partial charge in [0.15, 0.2) is 0 Å². The quantitative estimate of drug-likeness (QED) is 0.315. The van der Waals surface area contributed by atoms with Gasteiger partial charge in [0.2, 0.25) is 0 Å². The van der Waals surface area contributed by atoms with E-state index in [1.807, 2.05) is 26.0 Å². The maximum atomic E-state index is 10.9. The Labute approximate surface area is 108 Å². The fourth-order valence-electron chi connectivity index (χ4n) is 1.10. The van der Waals surface area contributed by atoms with Crippen molar-refractivity contribution in [3.8, 4) is 0 Å². The fraction of sp³-hybridized carbons (Fsp3) is 0.429. The first kappa shape index (κ1) is 16.2. The Kier molecular flexibility index (Phi) is 8.27. The molecular weight excluding hydrogens is 232 g/mol. The zero-order chi connectivity index (χ0) is 14.0. The van der Waals surface area contributed by atoms with Gasteiger partial charge in [-0.15, -0.1) is 0 Å². The average Bonchev–Trinajstić information content (AvgIpc) is 2.37. The van der Waals surface area contributed by atoms with Crippen LogP contribution >= 0.6 is 0 Å². The summed E-state index contributed by atoms with van der Waals surface area (Å²) in [4.78, 5) is 21.7. The summed E-state index contributed by atoms with van der Waals surface area (Å²) < 4.78 is 9.00. The molecule has 0 aliphatic heterocycles. The van der Waals surface area contributed by atoms with E-state index in [2.05, 4.69) is 9.47 Å². The van der Waals surface area contributed by atoms with E-state index in [4.69, 9.17) is 0 Å². The smallest absolute Gasteiger partial charge is 0.330 e. The number of hydrogen-bond acceptors (Lipinski definition) is 4. The summed E-state index contributed by atoms with van der Waals surface area (Å²) in [6.07, 6.45) is 8.81. The molecule has 0 spiro atoms. The van der Waals surface area contributed by atoms with Gasteiger partial charge < -0.3 is 9.47 Å². The molecule has 0 saturated carbocycles. The molecule has 0 bridgehead atoms. The summed E-state index contributed by atoms with van der Waals surface area (Å²) in [5, 5.41) is 0. The van der Waals surface area contributed by atoms with Crippen LogP contribution in [0.25, 0.3) is 0 Å². The molecule has 0 aliphatic rings. The first-order valence-corrected chi connectivity index (χ1v) is 5.67. The average molecular weight is 252 g/mol. The van der Waals surface area contributed by atoms with Crippen LogP contribution in [0.15, 0.2) is 36.0 Å². The molecule has 0 radical (unpaired) electrons. The maximum Gasteiger partial charge on any atom is 0.330 e. The molecule has 4 heteroatoms. The number of carbonyl (C=O) groups is 2. The summed E-state index contributed by atoms with van der Waals surface area (Å²) in [5.41, 5.74) is 1.08. The Morgan fingerprint density at radius 2 is 1.89 bits per heavy atom. The Balaban J connectivity index is 4.28. The number of hydrogen-bond donors (Lipinski definition) is 0. The molecule has 4 nitrogen and oxygen atoms in total. The fourth-order valence-corrected chi connectivity index (χ4v) is 1.10. The number of methoxy groups -OCH3 is 2. The molecule has 18 heavy (non-hydrogen) atoms. The molecule has 0 fully saturated rings. The van der Waals surface area contributed by atoms with Crippen LogP contribution < -0.4 is 0 Å².